The van der Waals surface area contributed by atoms with Gasteiger partial charge in [-0.3, -0.25) is 4.98 Å². The first kappa shape index (κ1) is 12.5. The van der Waals surface area contributed by atoms with Crippen LogP contribution in [-0.4, -0.2) is 15.0 Å². The molecule has 1 aliphatic rings. The van der Waals surface area contributed by atoms with E-state index in [2.05, 4.69) is 49.7 Å². The highest BCUT2D eigenvalue weighted by Crippen LogP contribution is 2.04. The van der Waals surface area contributed by atoms with E-state index in [1.54, 1.807) is 6.20 Å². The SMILES string of the molecule is Ic1nc(/C=C/c2cccnc2)nc2c1=CCCC=2. The van der Waals surface area contributed by atoms with Crippen LogP contribution in [0.5, 0.6) is 0 Å². The van der Waals surface area contributed by atoms with Crippen molar-refractivity contribution in [3.05, 3.63) is 50.2 Å². The average molecular weight is 361 g/mol. The van der Waals surface area contributed by atoms with Gasteiger partial charge in [-0.1, -0.05) is 18.2 Å². The van der Waals surface area contributed by atoms with Crippen LogP contribution in [0.3, 0.4) is 0 Å². The summed E-state index contributed by atoms with van der Waals surface area (Å²) >= 11 is 2.27. The predicted octanol–water partition coefficient (Wildman–Crippen LogP) is 2.00. The molecule has 0 saturated heterocycles. The molecule has 19 heavy (non-hydrogen) atoms. The lowest BCUT2D eigenvalue weighted by Gasteiger charge is -2.02. The van der Waals surface area contributed by atoms with Gasteiger partial charge < -0.3 is 0 Å². The van der Waals surface area contributed by atoms with Crippen LogP contribution < -0.4 is 10.6 Å². The Bertz CT molecular complexity index is 736. The molecule has 0 N–H and O–H groups in total. The maximum absolute atomic E-state index is 4.58. The normalized spacial score (nSPS) is 13.7. The van der Waals surface area contributed by atoms with Crippen LogP contribution in [0, 0.1) is 3.70 Å². The van der Waals surface area contributed by atoms with Gasteiger partial charge >= 0.3 is 0 Å². The van der Waals surface area contributed by atoms with E-state index in [9.17, 15) is 0 Å². The molecule has 0 bridgehead atoms. The molecule has 0 aromatic carbocycles. The van der Waals surface area contributed by atoms with Crippen molar-refractivity contribution in [1.82, 2.24) is 15.0 Å². The molecule has 3 rings (SSSR count). The van der Waals surface area contributed by atoms with Gasteiger partial charge in [-0.25, -0.2) is 9.97 Å². The Morgan fingerprint density at radius 2 is 2.00 bits per heavy atom. The van der Waals surface area contributed by atoms with E-state index >= 15 is 0 Å². The summed E-state index contributed by atoms with van der Waals surface area (Å²) in [5.74, 6) is 0.749. The van der Waals surface area contributed by atoms with E-state index in [1.165, 1.54) is 5.22 Å². The zero-order valence-electron chi connectivity index (χ0n) is 10.3. The molecule has 1 aliphatic carbocycles. The number of hydrogen-bond donors (Lipinski definition) is 0. The van der Waals surface area contributed by atoms with Crippen LogP contribution in [0.1, 0.15) is 24.2 Å². The lowest BCUT2D eigenvalue weighted by molar-refractivity contribution is 1.00. The van der Waals surface area contributed by atoms with Gasteiger partial charge in [-0.15, -0.1) is 0 Å². The highest BCUT2D eigenvalue weighted by Gasteiger charge is 2.02. The van der Waals surface area contributed by atoms with Crippen LogP contribution >= 0.6 is 22.6 Å². The van der Waals surface area contributed by atoms with Crippen molar-refractivity contribution < 1.29 is 0 Å². The molecule has 3 nitrogen and oxygen atoms in total. The Kier molecular flexibility index (Phi) is 3.68. The summed E-state index contributed by atoms with van der Waals surface area (Å²) in [7, 11) is 0. The Morgan fingerprint density at radius 1 is 1.11 bits per heavy atom. The van der Waals surface area contributed by atoms with Gasteiger partial charge in [0, 0.05) is 17.6 Å². The van der Waals surface area contributed by atoms with Crippen molar-refractivity contribution >= 4 is 46.9 Å². The largest absolute Gasteiger partial charge is 0.264 e. The van der Waals surface area contributed by atoms with Gasteiger partial charge in [0.2, 0.25) is 0 Å². The highest BCUT2D eigenvalue weighted by atomic mass is 127. The molecule has 94 valence electrons. The average Bonchev–Trinajstić information content (AvgIpc) is 2.46. The molecule has 0 amide bonds. The second kappa shape index (κ2) is 5.61. The van der Waals surface area contributed by atoms with Gasteiger partial charge in [-0.05, 0) is 59.2 Å². The van der Waals surface area contributed by atoms with Crippen LogP contribution in [-0.2, 0) is 0 Å². The lowest BCUT2D eigenvalue weighted by Crippen LogP contribution is -2.34. The van der Waals surface area contributed by atoms with E-state index in [-0.39, 0.29) is 0 Å². The Labute approximate surface area is 125 Å². The predicted molar refractivity (Wildman–Crippen MR) is 85.3 cm³/mol. The first-order valence-corrected chi connectivity index (χ1v) is 7.23. The molecule has 2 heterocycles. The third-order valence-corrected chi connectivity index (χ3v) is 3.73. The van der Waals surface area contributed by atoms with Crippen molar-refractivity contribution in [2.75, 3.05) is 0 Å². The first-order chi connectivity index (χ1) is 9.33. The molecule has 0 aliphatic heterocycles. The summed E-state index contributed by atoms with van der Waals surface area (Å²) < 4.78 is 1.02. The maximum Gasteiger partial charge on any atom is 0.153 e. The second-order valence-electron chi connectivity index (χ2n) is 4.28. The van der Waals surface area contributed by atoms with Gasteiger partial charge in [-0.2, -0.15) is 0 Å². The lowest BCUT2D eigenvalue weighted by atomic mass is 10.1. The van der Waals surface area contributed by atoms with Gasteiger partial charge in [0.1, 0.15) is 3.70 Å². The summed E-state index contributed by atoms with van der Waals surface area (Å²) in [6, 6.07) is 3.92. The smallest absolute Gasteiger partial charge is 0.153 e. The fourth-order valence-electron chi connectivity index (χ4n) is 1.99. The number of pyridine rings is 1. The van der Waals surface area contributed by atoms with Gasteiger partial charge in [0.05, 0.1) is 5.35 Å². The molecule has 2 aromatic rings. The van der Waals surface area contributed by atoms with E-state index in [4.69, 9.17) is 0 Å². The standard InChI is InChI=1S/C15H12IN3/c16-15-12-5-1-2-6-13(12)18-14(19-15)8-7-11-4-3-9-17-10-11/h3-10H,1-2H2/b8-7+. The number of fused-ring (bicyclic) bond motifs is 1. The fraction of sp³-hybridized carbons (Fsp3) is 0.133. The van der Waals surface area contributed by atoms with Crippen molar-refractivity contribution in [3.8, 4) is 0 Å². The Morgan fingerprint density at radius 3 is 2.84 bits per heavy atom. The summed E-state index contributed by atoms with van der Waals surface area (Å²) in [6.45, 7) is 0. The van der Waals surface area contributed by atoms with Crippen LogP contribution in [0.15, 0.2) is 24.5 Å². The molecule has 2 aromatic heterocycles. The number of halogens is 1. The Hall–Kier alpha value is -1.56. The molecule has 0 radical (unpaired) electrons. The van der Waals surface area contributed by atoms with E-state index < -0.39 is 0 Å². The molecule has 0 unspecified atom stereocenters. The summed E-state index contributed by atoms with van der Waals surface area (Å²) in [5.41, 5.74) is 1.05. The molecule has 0 saturated carbocycles. The number of rotatable bonds is 2. The van der Waals surface area contributed by atoms with E-state index in [0.29, 0.717) is 0 Å². The third kappa shape index (κ3) is 2.89. The number of nitrogens with zero attached hydrogens (tertiary/aromatic N) is 3. The minimum atomic E-state index is 0.749. The fourth-order valence-corrected chi connectivity index (χ4v) is 2.73. The van der Waals surface area contributed by atoms with Gasteiger partial charge in [0.15, 0.2) is 5.82 Å². The zero-order valence-corrected chi connectivity index (χ0v) is 12.4. The van der Waals surface area contributed by atoms with Crippen LogP contribution in [0.4, 0.5) is 0 Å². The summed E-state index contributed by atoms with van der Waals surface area (Å²) in [5, 5.41) is 2.22. The Balaban J connectivity index is 2.00. The molecule has 4 heteroatoms. The number of aromatic nitrogens is 3. The maximum atomic E-state index is 4.58. The zero-order chi connectivity index (χ0) is 13.1. The van der Waals surface area contributed by atoms with Crippen molar-refractivity contribution in [3.63, 3.8) is 0 Å². The topological polar surface area (TPSA) is 38.7 Å². The minimum absolute atomic E-state index is 0.749. The van der Waals surface area contributed by atoms with E-state index in [1.807, 2.05) is 30.5 Å². The molecule has 0 spiro atoms. The first-order valence-electron chi connectivity index (χ1n) is 6.15. The minimum Gasteiger partial charge on any atom is -0.264 e. The highest BCUT2D eigenvalue weighted by molar-refractivity contribution is 14.1. The molecular formula is C15H12IN3. The van der Waals surface area contributed by atoms with Crippen molar-refractivity contribution in [1.29, 1.82) is 0 Å². The van der Waals surface area contributed by atoms with Crippen LogP contribution in [0.25, 0.3) is 24.3 Å². The summed E-state index contributed by atoms with van der Waals surface area (Å²) in [6.07, 6.45) is 14.0. The summed E-state index contributed by atoms with van der Waals surface area (Å²) in [4.78, 5) is 13.2. The molecule has 0 atom stereocenters. The monoisotopic (exact) mass is 361 g/mol. The molecular weight excluding hydrogens is 349 g/mol. The quantitative estimate of drug-likeness (QED) is 0.607. The third-order valence-electron chi connectivity index (χ3n) is 2.91. The van der Waals surface area contributed by atoms with Gasteiger partial charge in [0.25, 0.3) is 0 Å². The van der Waals surface area contributed by atoms with E-state index in [0.717, 1.165) is 33.3 Å². The molecule has 0 fully saturated rings. The van der Waals surface area contributed by atoms with Crippen molar-refractivity contribution in [2.45, 2.75) is 12.8 Å². The number of hydrogen-bond acceptors (Lipinski definition) is 3. The van der Waals surface area contributed by atoms with Crippen molar-refractivity contribution in [2.24, 2.45) is 0 Å². The van der Waals surface area contributed by atoms with Crippen LogP contribution in [0.2, 0.25) is 0 Å². The second-order valence-corrected chi connectivity index (χ2v) is 5.30.